The van der Waals surface area contributed by atoms with Gasteiger partial charge in [0.25, 0.3) is 0 Å². The van der Waals surface area contributed by atoms with E-state index in [2.05, 4.69) is 15.4 Å². The monoisotopic (exact) mass is 557 g/mol. The van der Waals surface area contributed by atoms with Crippen LogP contribution in [0, 0.1) is 4.91 Å². The number of halogens is 6. The summed E-state index contributed by atoms with van der Waals surface area (Å²) in [6, 6.07) is 8.46. The van der Waals surface area contributed by atoms with Gasteiger partial charge in [0.1, 0.15) is 5.69 Å². The SMILES string of the molecule is O=Nc1ccc(NC2CCN(C(=O)CCN3CCN(c4cccc(C(F)(F)F)c4)CC3)CC2)cc1C(F)(F)F. The van der Waals surface area contributed by atoms with Gasteiger partial charge in [0.2, 0.25) is 5.91 Å². The molecule has 0 saturated carbocycles. The van der Waals surface area contributed by atoms with Crippen LogP contribution >= 0.6 is 0 Å². The Labute approximate surface area is 221 Å². The van der Waals surface area contributed by atoms with Crippen molar-refractivity contribution in [2.24, 2.45) is 5.18 Å². The molecule has 1 amide bonds. The molecule has 0 radical (unpaired) electrons. The number of carbonyl (C=O) groups excluding carboxylic acids is 1. The number of piperazine rings is 1. The molecule has 2 aromatic rings. The largest absolute Gasteiger partial charge is 0.418 e. The summed E-state index contributed by atoms with van der Waals surface area (Å²) in [7, 11) is 0. The molecule has 212 valence electrons. The minimum atomic E-state index is -4.69. The first-order valence-corrected chi connectivity index (χ1v) is 12.7. The Morgan fingerprint density at radius 2 is 1.59 bits per heavy atom. The molecule has 2 aliphatic rings. The Hall–Kier alpha value is -3.35. The number of nitrogens with zero attached hydrogens (tertiary/aromatic N) is 4. The maximum Gasteiger partial charge on any atom is 0.418 e. The summed E-state index contributed by atoms with van der Waals surface area (Å²) in [5, 5.41) is 5.51. The van der Waals surface area contributed by atoms with Gasteiger partial charge in [-0.3, -0.25) is 9.69 Å². The summed E-state index contributed by atoms with van der Waals surface area (Å²) in [6.45, 7) is 3.88. The average Bonchev–Trinajstić information content (AvgIpc) is 2.91. The third kappa shape index (κ3) is 7.40. The molecule has 2 aromatic carbocycles. The van der Waals surface area contributed by atoms with Crippen molar-refractivity contribution in [2.45, 2.75) is 37.7 Å². The van der Waals surface area contributed by atoms with E-state index in [0.29, 0.717) is 70.8 Å². The van der Waals surface area contributed by atoms with Gasteiger partial charge >= 0.3 is 12.4 Å². The number of rotatable bonds is 7. The van der Waals surface area contributed by atoms with Crippen LogP contribution in [0.1, 0.15) is 30.4 Å². The van der Waals surface area contributed by atoms with Crippen molar-refractivity contribution in [1.82, 2.24) is 9.80 Å². The van der Waals surface area contributed by atoms with Crippen LogP contribution in [0.25, 0.3) is 0 Å². The van der Waals surface area contributed by atoms with E-state index in [4.69, 9.17) is 0 Å². The van der Waals surface area contributed by atoms with Crippen LogP contribution in [0.4, 0.5) is 43.4 Å². The summed E-state index contributed by atoms with van der Waals surface area (Å²) in [5.74, 6) is -0.00507. The number of benzene rings is 2. The molecule has 2 aliphatic heterocycles. The van der Waals surface area contributed by atoms with Crippen LogP contribution in [0.15, 0.2) is 47.6 Å². The summed E-state index contributed by atoms with van der Waals surface area (Å²) < 4.78 is 78.6. The number of nitroso groups, excluding NO2 is 1. The van der Waals surface area contributed by atoms with Crippen LogP contribution in [0.3, 0.4) is 0 Å². The fourth-order valence-electron chi connectivity index (χ4n) is 4.96. The maximum absolute atomic E-state index is 13.2. The highest BCUT2D eigenvalue weighted by atomic mass is 19.4. The standard InChI is InChI=1S/C26H29F6N5O2/c27-25(28,29)18-2-1-3-21(16-18)36-14-12-35(13-15-36)9-8-24(38)37-10-6-19(7-11-37)33-20-4-5-23(34-39)22(17-20)26(30,31)32/h1-5,16-17,19,33H,6-15H2. The summed E-state index contributed by atoms with van der Waals surface area (Å²) in [4.78, 5) is 29.2. The number of likely N-dealkylation sites (tertiary alicyclic amines) is 1. The second-order valence-electron chi connectivity index (χ2n) is 9.75. The van der Waals surface area contributed by atoms with Gasteiger partial charge in [-0.2, -0.15) is 26.3 Å². The molecule has 7 nitrogen and oxygen atoms in total. The molecule has 4 rings (SSSR count). The van der Waals surface area contributed by atoms with E-state index in [9.17, 15) is 36.0 Å². The average molecular weight is 558 g/mol. The van der Waals surface area contributed by atoms with Gasteiger partial charge in [-0.1, -0.05) is 6.07 Å². The van der Waals surface area contributed by atoms with Gasteiger partial charge < -0.3 is 15.1 Å². The van der Waals surface area contributed by atoms with E-state index in [1.807, 2.05) is 4.90 Å². The van der Waals surface area contributed by atoms with E-state index in [-0.39, 0.29) is 17.6 Å². The molecular weight excluding hydrogens is 528 g/mol. The zero-order valence-electron chi connectivity index (χ0n) is 21.1. The first-order chi connectivity index (χ1) is 18.4. The zero-order chi connectivity index (χ0) is 28.2. The van der Waals surface area contributed by atoms with Crippen molar-refractivity contribution < 1.29 is 31.1 Å². The fraction of sp³-hybridized carbons (Fsp3) is 0.500. The first kappa shape index (κ1) is 28.7. The molecule has 2 fully saturated rings. The predicted octanol–water partition coefficient (Wildman–Crippen LogP) is 5.74. The lowest BCUT2D eigenvalue weighted by molar-refractivity contribution is -0.138. The first-order valence-electron chi connectivity index (χ1n) is 12.7. The number of piperidine rings is 1. The van der Waals surface area contributed by atoms with Crippen LogP contribution in [0.2, 0.25) is 0 Å². The lowest BCUT2D eigenvalue weighted by atomic mass is 10.0. The smallest absolute Gasteiger partial charge is 0.382 e. The molecule has 0 aliphatic carbocycles. The summed E-state index contributed by atoms with van der Waals surface area (Å²) in [5.41, 5.74) is -1.66. The van der Waals surface area contributed by atoms with Crippen molar-refractivity contribution in [3.63, 3.8) is 0 Å². The number of hydrogen-bond donors (Lipinski definition) is 1. The molecule has 13 heteroatoms. The van der Waals surface area contributed by atoms with Crippen molar-refractivity contribution >= 4 is 23.0 Å². The molecule has 2 heterocycles. The van der Waals surface area contributed by atoms with Crippen LogP contribution in [-0.2, 0) is 17.1 Å². The second kappa shape index (κ2) is 11.8. The highest BCUT2D eigenvalue weighted by Gasteiger charge is 2.35. The molecular formula is C26H29F6N5O2. The highest BCUT2D eigenvalue weighted by Crippen LogP contribution is 2.38. The number of anilines is 2. The van der Waals surface area contributed by atoms with Crippen molar-refractivity contribution in [1.29, 1.82) is 0 Å². The molecule has 0 unspecified atom stereocenters. The molecule has 0 bridgehead atoms. The van der Waals surface area contributed by atoms with Gasteiger partial charge in [-0.05, 0) is 54.4 Å². The molecule has 0 atom stereocenters. The Kier molecular flexibility index (Phi) is 8.67. The van der Waals surface area contributed by atoms with Gasteiger partial charge in [0, 0.05) is 69.7 Å². The number of hydrogen-bond acceptors (Lipinski definition) is 6. The molecule has 1 N–H and O–H groups in total. The minimum absolute atomic E-state index is 0.00507. The quantitative estimate of drug-likeness (QED) is 0.348. The molecule has 2 saturated heterocycles. The van der Waals surface area contributed by atoms with E-state index in [1.165, 1.54) is 12.1 Å². The number of amides is 1. The zero-order valence-corrected chi connectivity index (χ0v) is 21.1. The number of nitrogens with one attached hydrogen (secondary N) is 1. The third-order valence-corrected chi connectivity index (χ3v) is 7.17. The van der Waals surface area contributed by atoms with Gasteiger partial charge in [-0.25, -0.2) is 0 Å². The van der Waals surface area contributed by atoms with E-state index < -0.39 is 29.2 Å². The summed E-state index contributed by atoms with van der Waals surface area (Å²) >= 11 is 0. The Morgan fingerprint density at radius 1 is 0.897 bits per heavy atom. The summed E-state index contributed by atoms with van der Waals surface area (Å²) in [6.07, 6.45) is -7.63. The lowest BCUT2D eigenvalue weighted by Gasteiger charge is -2.37. The van der Waals surface area contributed by atoms with Crippen LogP contribution in [-0.4, -0.2) is 67.6 Å². The molecule has 39 heavy (non-hydrogen) atoms. The lowest BCUT2D eigenvalue weighted by Crippen LogP contribution is -2.48. The van der Waals surface area contributed by atoms with Crippen molar-refractivity contribution in [2.75, 3.05) is 56.0 Å². The molecule has 0 spiro atoms. The van der Waals surface area contributed by atoms with Crippen molar-refractivity contribution in [3.05, 3.63) is 58.5 Å². The fourth-order valence-corrected chi connectivity index (χ4v) is 4.96. The predicted molar refractivity (Wildman–Crippen MR) is 135 cm³/mol. The molecule has 0 aromatic heterocycles. The number of alkyl halides is 6. The van der Waals surface area contributed by atoms with Gasteiger partial charge in [0.15, 0.2) is 0 Å². The normalized spacial score (nSPS) is 17.8. The van der Waals surface area contributed by atoms with Gasteiger partial charge in [-0.15, -0.1) is 4.91 Å². The Balaban J connectivity index is 1.20. The third-order valence-electron chi connectivity index (χ3n) is 7.17. The van der Waals surface area contributed by atoms with E-state index in [0.717, 1.165) is 24.3 Å². The van der Waals surface area contributed by atoms with Crippen molar-refractivity contribution in [3.8, 4) is 0 Å². The Morgan fingerprint density at radius 3 is 2.21 bits per heavy atom. The van der Waals surface area contributed by atoms with Crippen LogP contribution < -0.4 is 10.2 Å². The number of carbonyl (C=O) groups is 1. The topological polar surface area (TPSA) is 68.2 Å². The van der Waals surface area contributed by atoms with E-state index in [1.54, 1.807) is 11.0 Å². The highest BCUT2D eigenvalue weighted by molar-refractivity contribution is 5.76. The van der Waals surface area contributed by atoms with Crippen LogP contribution in [0.5, 0.6) is 0 Å². The second-order valence-corrected chi connectivity index (χ2v) is 9.75. The Bertz CT molecular complexity index is 1160. The minimum Gasteiger partial charge on any atom is -0.382 e. The van der Waals surface area contributed by atoms with E-state index >= 15 is 0 Å². The maximum atomic E-state index is 13.2. The van der Waals surface area contributed by atoms with Gasteiger partial charge in [0.05, 0.1) is 11.1 Å².